The van der Waals surface area contributed by atoms with Gasteiger partial charge in [-0.2, -0.15) is 0 Å². The van der Waals surface area contributed by atoms with Crippen LogP contribution >= 0.6 is 11.8 Å². The summed E-state index contributed by atoms with van der Waals surface area (Å²) in [6.45, 7) is 0.669. The molecule has 5 nitrogen and oxygen atoms in total. The van der Waals surface area contributed by atoms with Crippen molar-refractivity contribution in [3.63, 3.8) is 0 Å². The second-order valence-corrected chi connectivity index (χ2v) is 9.64. The third-order valence-electron chi connectivity index (χ3n) is 6.69. The number of carbonyl (C=O) groups excluding carboxylic acids is 3. The SMILES string of the molecule is O=C[C@H]1NCSC1C(=O)[C@@H]1CCCN1C(=O)CCC[C@H]1CCc2ccccc2C1. The predicted octanol–water partition coefficient (Wildman–Crippen LogP) is 2.75. The van der Waals surface area contributed by atoms with Gasteiger partial charge in [0.15, 0.2) is 5.78 Å². The van der Waals surface area contributed by atoms with E-state index < -0.39 is 6.04 Å². The molecule has 156 valence electrons. The Labute approximate surface area is 177 Å². The molecule has 1 unspecified atom stereocenters. The Morgan fingerprint density at radius 1 is 1.21 bits per heavy atom. The second-order valence-electron chi connectivity index (χ2n) is 8.51. The number of aryl methyl sites for hydroxylation is 1. The number of aldehydes is 1. The van der Waals surface area contributed by atoms with Crippen LogP contribution in [0.5, 0.6) is 0 Å². The molecule has 29 heavy (non-hydrogen) atoms. The van der Waals surface area contributed by atoms with Crippen LogP contribution in [0.1, 0.15) is 49.7 Å². The molecule has 0 radical (unpaired) electrons. The predicted molar refractivity (Wildman–Crippen MR) is 115 cm³/mol. The van der Waals surface area contributed by atoms with Gasteiger partial charge in [-0.15, -0.1) is 11.8 Å². The van der Waals surface area contributed by atoms with Crippen molar-refractivity contribution >= 4 is 29.7 Å². The van der Waals surface area contributed by atoms with E-state index in [4.69, 9.17) is 0 Å². The lowest BCUT2D eigenvalue weighted by atomic mass is 9.81. The van der Waals surface area contributed by atoms with Crippen LogP contribution in [-0.4, -0.2) is 52.6 Å². The number of amides is 1. The normalized spacial score (nSPS) is 28.9. The molecule has 1 N–H and O–H groups in total. The fraction of sp³-hybridized carbons (Fsp3) is 0.609. The van der Waals surface area contributed by atoms with Gasteiger partial charge in [-0.05, 0) is 62.0 Å². The summed E-state index contributed by atoms with van der Waals surface area (Å²) in [5.74, 6) is 1.43. The molecular weight excluding hydrogens is 384 g/mol. The zero-order valence-corrected chi connectivity index (χ0v) is 17.7. The van der Waals surface area contributed by atoms with Crippen molar-refractivity contribution in [1.82, 2.24) is 10.2 Å². The molecule has 1 aliphatic carbocycles. The van der Waals surface area contributed by atoms with Crippen LogP contribution in [0.3, 0.4) is 0 Å². The Kier molecular flexibility index (Phi) is 6.70. The molecule has 3 aliphatic rings. The van der Waals surface area contributed by atoms with Crippen molar-refractivity contribution in [2.24, 2.45) is 5.92 Å². The number of hydrogen-bond donors (Lipinski definition) is 1. The van der Waals surface area contributed by atoms with Crippen LogP contribution in [0.4, 0.5) is 0 Å². The lowest BCUT2D eigenvalue weighted by Gasteiger charge is -2.27. The van der Waals surface area contributed by atoms with Gasteiger partial charge in [-0.3, -0.25) is 14.9 Å². The highest BCUT2D eigenvalue weighted by Crippen LogP contribution is 2.30. The lowest BCUT2D eigenvalue weighted by molar-refractivity contribution is -0.137. The number of benzene rings is 1. The Morgan fingerprint density at radius 2 is 2.03 bits per heavy atom. The van der Waals surface area contributed by atoms with Gasteiger partial charge in [0.1, 0.15) is 6.29 Å². The number of rotatable bonds is 7. The first-order chi connectivity index (χ1) is 14.2. The van der Waals surface area contributed by atoms with Gasteiger partial charge in [0, 0.05) is 18.8 Å². The van der Waals surface area contributed by atoms with E-state index in [-0.39, 0.29) is 23.0 Å². The molecule has 2 fully saturated rings. The Hall–Kier alpha value is -1.66. The van der Waals surface area contributed by atoms with E-state index in [9.17, 15) is 14.4 Å². The fourth-order valence-corrected chi connectivity index (χ4v) is 6.24. The summed E-state index contributed by atoms with van der Waals surface area (Å²) in [5.41, 5.74) is 2.94. The number of thioether (sulfide) groups is 1. The zero-order chi connectivity index (χ0) is 20.2. The van der Waals surface area contributed by atoms with Crippen LogP contribution < -0.4 is 5.32 Å². The maximum absolute atomic E-state index is 13.0. The first kappa shape index (κ1) is 20.6. The number of nitrogens with zero attached hydrogens (tertiary/aromatic N) is 1. The highest BCUT2D eigenvalue weighted by Gasteiger charge is 2.42. The third-order valence-corrected chi connectivity index (χ3v) is 7.91. The quantitative estimate of drug-likeness (QED) is 0.695. The molecule has 1 aromatic carbocycles. The molecule has 1 aromatic rings. The summed E-state index contributed by atoms with van der Waals surface area (Å²) in [6.07, 6.45) is 8.37. The van der Waals surface area contributed by atoms with Gasteiger partial charge in [-0.25, -0.2) is 0 Å². The van der Waals surface area contributed by atoms with E-state index >= 15 is 0 Å². The number of Topliss-reactive ketones (excluding diaryl/α,β-unsaturated/α-hetero) is 1. The van der Waals surface area contributed by atoms with Crippen LogP contribution in [0.15, 0.2) is 24.3 Å². The summed E-state index contributed by atoms with van der Waals surface area (Å²) in [7, 11) is 0. The number of ketones is 1. The molecule has 1 amide bonds. The zero-order valence-electron chi connectivity index (χ0n) is 16.8. The van der Waals surface area contributed by atoms with Gasteiger partial charge in [0.25, 0.3) is 0 Å². The monoisotopic (exact) mass is 414 g/mol. The van der Waals surface area contributed by atoms with Crippen molar-refractivity contribution in [3.8, 4) is 0 Å². The Balaban J connectivity index is 1.27. The first-order valence-corrected chi connectivity index (χ1v) is 11.9. The average Bonchev–Trinajstić information content (AvgIpc) is 3.42. The number of nitrogens with one attached hydrogen (secondary N) is 1. The first-order valence-electron chi connectivity index (χ1n) is 10.9. The molecule has 6 heteroatoms. The van der Waals surface area contributed by atoms with Crippen LogP contribution in [0, 0.1) is 5.92 Å². The standard InChI is InChI=1S/C23H30N2O3S/c26-14-19-23(29-15-24-19)22(28)20-8-4-12-25(20)21(27)9-3-5-16-10-11-17-6-1-2-7-18(17)13-16/h1-2,6-7,14,16,19-20,23-24H,3-5,8-13,15H2/t16-,19+,20-,23?/m0/s1. The molecule has 0 spiro atoms. The van der Waals surface area contributed by atoms with Crippen molar-refractivity contribution in [2.75, 3.05) is 12.4 Å². The van der Waals surface area contributed by atoms with E-state index in [0.29, 0.717) is 24.8 Å². The van der Waals surface area contributed by atoms with Gasteiger partial charge in [-0.1, -0.05) is 24.3 Å². The van der Waals surface area contributed by atoms with Gasteiger partial charge in [0.05, 0.1) is 17.3 Å². The number of fused-ring (bicyclic) bond motifs is 1. The minimum absolute atomic E-state index is 0.0480. The van der Waals surface area contributed by atoms with E-state index in [1.807, 2.05) is 0 Å². The molecular formula is C23H30N2O3S. The van der Waals surface area contributed by atoms with Crippen molar-refractivity contribution in [1.29, 1.82) is 0 Å². The van der Waals surface area contributed by atoms with Gasteiger partial charge < -0.3 is 9.69 Å². The summed E-state index contributed by atoms with van der Waals surface area (Å²) in [6, 6.07) is 7.93. The molecule has 0 bridgehead atoms. The second kappa shape index (κ2) is 9.43. The largest absolute Gasteiger partial charge is 0.333 e. The third kappa shape index (κ3) is 4.58. The lowest BCUT2D eigenvalue weighted by Crippen LogP contribution is -2.47. The molecule has 0 saturated carbocycles. The summed E-state index contributed by atoms with van der Waals surface area (Å²) >= 11 is 1.48. The highest BCUT2D eigenvalue weighted by molar-refractivity contribution is 8.00. The minimum atomic E-state index is -0.417. The topological polar surface area (TPSA) is 66.5 Å². The molecule has 2 aliphatic heterocycles. The van der Waals surface area contributed by atoms with E-state index in [0.717, 1.165) is 44.8 Å². The Bertz CT molecular complexity index is 768. The van der Waals surface area contributed by atoms with Crippen LogP contribution in [0.25, 0.3) is 0 Å². The van der Waals surface area contributed by atoms with Crippen molar-refractivity contribution in [2.45, 2.75) is 68.7 Å². The van der Waals surface area contributed by atoms with Crippen molar-refractivity contribution in [3.05, 3.63) is 35.4 Å². The molecule has 2 saturated heterocycles. The maximum Gasteiger partial charge on any atom is 0.223 e. The maximum atomic E-state index is 13.0. The fourth-order valence-electron chi connectivity index (χ4n) is 5.08. The number of likely N-dealkylation sites (tertiary alicyclic amines) is 1. The van der Waals surface area contributed by atoms with E-state index in [1.54, 1.807) is 4.90 Å². The average molecular weight is 415 g/mol. The summed E-state index contributed by atoms with van der Waals surface area (Å²) in [5, 5.41) is 2.70. The Morgan fingerprint density at radius 3 is 2.86 bits per heavy atom. The van der Waals surface area contributed by atoms with Crippen LogP contribution in [0.2, 0.25) is 0 Å². The smallest absolute Gasteiger partial charge is 0.223 e. The summed E-state index contributed by atoms with van der Waals surface area (Å²) < 4.78 is 0. The van der Waals surface area contributed by atoms with Gasteiger partial charge >= 0.3 is 0 Å². The highest BCUT2D eigenvalue weighted by atomic mass is 32.2. The molecule has 0 aromatic heterocycles. The van der Waals surface area contributed by atoms with Crippen molar-refractivity contribution < 1.29 is 14.4 Å². The van der Waals surface area contributed by atoms with Crippen LogP contribution in [-0.2, 0) is 27.2 Å². The summed E-state index contributed by atoms with van der Waals surface area (Å²) in [4.78, 5) is 38.8. The number of hydrogen-bond acceptors (Lipinski definition) is 5. The minimum Gasteiger partial charge on any atom is -0.333 e. The van der Waals surface area contributed by atoms with Gasteiger partial charge in [0.2, 0.25) is 5.91 Å². The molecule has 2 heterocycles. The molecule has 4 atom stereocenters. The van der Waals surface area contributed by atoms with E-state index in [1.165, 1.54) is 29.3 Å². The number of carbonyl (C=O) groups is 3. The van der Waals surface area contributed by atoms with E-state index in [2.05, 4.69) is 29.6 Å². The molecule has 4 rings (SSSR count).